The van der Waals surface area contributed by atoms with Crippen molar-refractivity contribution in [2.24, 2.45) is 0 Å². The molecule has 7 nitrogen and oxygen atoms in total. The van der Waals surface area contributed by atoms with Crippen molar-refractivity contribution in [2.45, 2.75) is 45.1 Å². The molecule has 1 aromatic heterocycles. The number of methoxy groups -OCH3 is 1. The maximum atomic E-state index is 12.7. The fourth-order valence-electron chi connectivity index (χ4n) is 3.62. The lowest BCUT2D eigenvalue weighted by molar-refractivity contribution is 0.0937. The zero-order chi connectivity index (χ0) is 20.5. The Labute approximate surface area is 171 Å². The van der Waals surface area contributed by atoms with Gasteiger partial charge in [0.1, 0.15) is 5.69 Å². The number of fused-ring (bicyclic) bond motifs is 1. The zero-order valence-corrected chi connectivity index (χ0v) is 17.1. The van der Waals surface area contributed by atoms with Crippen LogP contribution in [0.2, 0.25) is 0 Å². The molecule has 0 radical (unpaired) electrons. The van der Waals surface area contributed by atoms with Gasteiger partial charge < -0.3 is 19.9 Å². The molecule has 3 rings (SSSR count). The summed E-state index contributed by atoms with van der Waals surface area (Å²) in [4.78, 5) is 29.7. The molecular weight excluding hydrogens is 368 g/mol. The van der Waals surface area contributed by atoms with Gasteiger partial charge in [-0.3, -0.25) is 9.59 Å². The number of imidazole rings is 1. The van der Waals surface area contributed by atoms with Crippen LogP contribution in [0.1, 0.15) is 58.0 Å². The maximum absolute atomic E-state index is 12.7. The highest BCUT2D eigenvalue weighted by atomic mass is 16.5. The largest absolute Gasteiger partial charge is 0.385 e. The number of carbonyl (C=O) groups is 2. The average Bonchev–Trinajstić information content (AvgIpc) is 3.15. The topological polar surface area (TPSA) is 85.2 Å². The summed E-state index contributed by atoms with van der Waals surface area (Å²) in [7, 11) is 1.64. The van der Waals surface area contributed by atoms with E-state index < -0.39 is 0 Å². The number of rotatable bonds is 10. The molecule has 0 bridgehead atoms. The minimum atomic E-state index is -0.213. The van der Waals surface area contributed by atoms with E-state index in [0.29, 0.717) is 31.2 Å². The molecule has 7 heteroatoms. The molecule has 29 heavy (non-hydrogen) atoms. The predicted octanol–water partition coefficient (Wildman–Crippen LogP) is 2.35. The summed E-state index contributed by atoms with van der Waals surface area (Å²) in [6.45, 7) is 2.43. The van der Waals surface area contributed by atoms with E-state index >= 15 is 0 Å². The van der Waals surface area contributed by atoms with E-state index in [1.807, 2.05) is 22.8 Å². The van der Waals surface area contributed by atoms with Gasteiger partial charge in [-0.1, -0.05) is 30.3 Å². The van der Waals surface area contributed by atoms with Crippen molar-refractivity contribution >= 4 is 11.8 Å². The Hall–Kier alpha value is -2.67. The van der Waals surface area contributed by atoms with Gasteiger partial charge in [-0.05, 0) is 44.1 Å². The van der Waals surface area contributed by atoms with E-state index in [1.165, 1.54) is 5.56 Å². The van der Waals surface area contributed by atoms with Gasteiger partial charge in [-0.25, -0.2) is 4.98 Å². The van der Waals surface area contributed by atoms with Crippen molar-refractivity contribution in [3.8, 4) is 0 Å². The number of nitrogens with zero attached hydrogens (tertiary/aromatic N) is 2. The first kappa shape index (κ1) is 21.0. The number of amides is 2. The van der Waals surface area contributed by atoms with Crippen LogP contribution in [0.4, 0.5) is 0 Å². The Morgan fingerprint density at radius 2 is 1.83 bits per heavy atom. The Bertz CT molecular complexity index is 817. The molecule has 1 aromatic carbocycles. The molecule has 2 aromatic rings. The molecule has 0 saturated heterocycles. The maximum Gasteiger partial charge on any atom is 0.287 e. The normalized spacial score (nSPS) is 13.0. The van der Waals surface area contributed by atoms with E-state index in [1.54, 1.807) is 7.11 Å². The van der Waals surface area contributed by atoms with Crippen molar-refractivity contribution in [3.63, 3.8) is 0 Å². The van der Waals surface area contributed by atoms with Crippen molar-refractivity contribution in [2.75, 3.05) is 26.8 Å². The number of benzene rings is 1. The average molecular weight is 399 g/mol. The standard InChI is InChI=1S/C22H30N4O3/c1-29-16-8-14-23-21(27)19-18-12-5-6-15-26(18)20(25-19)22(28)24-13-7-11-17-9-3-2-4-10-17/h2-4,9-10H,5-8,11-16H2,1H3,(H,23,27)(H,24,28). The molecule has 1 aliphatic heterocycles. The van der Waals surface area contributed by atoms with Gasteiger partial charge >= 0.3 is 0 Å². The second kappa shape index (κ2) is 10.8. The summed E-state index contributed by atoms with van der Waals surface area (Å²) < 4.78 is 6.92. The Balaban J connectivity index is 1.60. The van der Waals surface area contributed by atoms with Crippen LogP contribution < -0.4 is 10.6 Å². The molecule has 0 atom stereocenters. The number of hydrogen-bond donors (Lipinski definition) is 2. The first-order valence-corrected chi connectivity index (χ1v) is 10.4. The molecule has 0 aliphatic carbocycles. The van der Waals surface area contributed by atoms with Crippen LogP contribution in [0.5, 0.6) is 0 Å². The van der Waals surface area contributed by atoms with Crippen LogP contribution in [0.15, 0.2) is 30.3 Å². The Morgan fingerprint density at radius 3 is 2.62 bits per heavy atom. The van der Waals surface area contributed by atoms with Crippen LogP contribution in [-0.4, -0.2) is 48.2 Å². The van der Waals surface area contributed by atoms with Crippen LogP contribution >= 0.6 is 0 Å². The summed E-state index contributed by atoms with van der Waals surface area (Å²) in [5.74, 6) is -0.0732. The van der Waals surface area contributed by atoms with Gasteiger partial charge in [0.2, 0.25) is 0 Å². The van der Waals surface area contributed by atoms with Crippen molar-refractivity contribution in [3.05, 3.63) is 53.1 Å². The molecule has 2 N–H and O–H groups in total. The number of aryl methyl sites for hydroxylation is 1. The first-order valence-electron chi connectivity index (χ1n) is 10.4. The predicted molar refractivity (Wildman–Crippen MR) is 111 cm³/mol. The number of aromatic nitrogens is 2. The van der Waals surface area contributed by atoms with Crippen LogP contribution in [0.25, 0.3) is 0 Å². The Morgan fingerprint density at radius 1 is 1.07 bits per heavy atom. The number of carbonyl (C=O) groups excluding carboxylic acids is 2. The van der Waals surface area contributed by atoms with Gasteiger partial charge in [0.25, 0.3) is 11.8 Å². The molecule has 0 spiro atoms. The lowest BCUT2D eigenvalue weighted by atomic mass is 10.1. The van der Waals surface area contributed by atoms with Gasteiger partial charge in [0, 0.05) is 33.4 Å². The fraction of sp³-hybridized carbons (Fsp3) is 0.500. The highest BCUT2D eigenvalue weighted by Gasteiger charge is 2.27. The van der Waals surface area contributed by atoms with Gasteiger partial charge in [-0.15, -0.1) is 0 Å². The molecular formula is C22H30N4O3. The minimum absolute atomic E-state index is 0.209. The van der Waals surface area contributed by atoms with Crippen LogP contribution in [-0.2, 0) is 24.1 Å². The van der Waals surface area contributed by atoms with Crippen LogP contribution in [0.3, 0.4) is 0 Å². The minimum Gasteiger partial charge on any atom is -0.385 e. The third-order valence-electron chi connectivity index (χ3n) is 5.12. The van der Waals surface area contributed by atoms with Crippen molar-refractivity contribution < 1.29 is 14.3 Å². The SMILES string of the molecule is COCCCNC(=O)c1nc(C(=O)NCCCc2ccccc2)n2c1CCCC2. The molecule has 0 saturated carbocycles. The summed E-state index contributed by atoms with van der Waals surface area (Å²) in [6, 6.07) is 10.2. The second-order valence-corrected chi connectivity index (χ2v) is 7.29. The van der Waals surface area contributed by atoms with Crippen molar-refractivity contribution in [1.82, 2.24) is 20.2 Å². The zero-order valence-electron chi connectivity index (χ0n) is 17.1. The number of ether oxygens (including phenoxy) is 1. The first-order chi connectivity index (χ1) is 14.2. The molecule has 1 aliphatic rings. The van der Waals surface area contributed by atoms with E-state index in [0.717, 1.165) is 50.8 Å². The number of hydrogen-bond acceptors (Lipinski definition) is 4. The quantitative estimate of drug-likeness (QED) is 0.602. The monoisotopic (exact) mass is 398 g/mol. The number of nitrogens with one attached hydrogen (secondary N) is 2. The lowest BCUT2D eigenvalue weighted by Gasteiger charge is -2.17. The summed E-state index contributed by atoms with van der Waals surface area (Å²) in [6.07, 6.45) is 5.29. The van der Waals surface area contributed by atoms with Gasteiger partial charge in [-0.2, -0.15) is 0 Å². The Kier molecular flexibility index (Phi) is 7.81. The highest BCUT2D eigenvalue weighted by molar-refractivity contribution is 5.97. The third-order valence-corrected chi connectivity index (χ3v) is 5.12. The lowest BCUT2D eigenvalue weighted by Crippen LogP contribution is -2.29. The van der Waals surface area contributed by atoms with E-state index in [2.05, 4.69) is 27.8 Å². The van der Waals surface area contributed by atoms with E-state index in [-0.39, 0.29) is 11.8 Å². The molecule has 0 fully saturated rings. The fourth-order valence-corrected chi connectivity index (χ4v) is 3.62. The highest BCUT2D eigenvalue weighted by Crippen LogP contribution is 2.21. The van der Waals surface area contributed by atoms with Gasteiger partial charge in [0.15, 0.2) is 5.82 Å². The third kappa shape index (κ3) is 5.67. The van der Waals surface area contributed by atoms with E-state index in [9.17, 15) is 9.59 Å². The molecule has 2 amide bonds. The second-order valence-electron chi connectivity index (χ2n) is 7.29. The van der Waals surface area contributed by atoms with E-state index in [4.69, 9.17) is 4.74 Å². The molecule has 0 unspecified atom stereocenters. The summed E-state index contributed by atoms with van der Waals surface area (Å²) >= 11 is 0. The summed E-state index contributed by atoms with van der Waals surface area (Å²) in [5, 5.41) is 5.84. The molecule has 156 valence electrons. The smallest absolute Gasteiger partial charge is 0.287 e. The molecule has 2 heterocycles. The van der Waals surface area contributed by atoms with Gasteiger partial charge in [0.05, 0.1) is 5.69 Å². The van der Waals surface area contributed by atoms with Crippen LogP contribution in [0, 0.1) is 0 Å². The summed E-state index contributed by atoms with van der Waals surface area (Å²) in [5.41, 5.74) is 2.51. The van der Waals surface area contributed by atoms with Crippen molar-refractivity contribution in [1.29, 1.82) is 0 Å².